The molecule has 168 valence electrons. The van der Waals surface area contributed by atoms with Crippen LogP contribution in [0.15, 0.2) is 59.3 Å². The summed E-state index contributed by atoms with van der Waals surface area (Å²) in [6, 6.07) is 14.9. The van der Waals surface area contributed by atoms with E-state index in [4.69, 9.17) is 14.6 Å². The Hall–Kier alpha value is -3.28. The molecule has 0 spiro atoms. The second-order valence-electron chi connectivity index (χ2n) is 8.47. The number of fused-ring (bicyclic) bond motifs is 3. The number of hydrogen-bond donors (Lipinski definition) is 0. The highest BCUT2D eigenvalue weighted by Gasteiger charge is 2.42. The van der Waals surface area contributed by atoms with Gasteiger partial charge in [-0.1, -0.05) is 18.2 Å². The molecule has 1 heterocycles. The predicted octanol–water partition coefficient (Wildman–Crippen LogP) is 4.55. The molecule has 6 nitrogen and oxygen atoms in total. The van der Waals surface area contributed by atoms with Crippen LogP contribution >= 0.6 is 0 Å². The molecule has 0 saturated heterocycles. The highest BCUT2D eigenvalue weighted by atomic mass is 16.5. The van der Waals surface area contributed by atoms with Gasteiger partial charge in [-0.25, -0.2) is 4.79 Å². The molecule has 0 amide bonds. The fourth-order valence-electron chi connectivity index (χ4n) is 4.63. The first-order valence-electron chi connectivity index (χ1n) is 11.1. The standard InChI is InChI=1S/C26H31N3O3/c1-6-32-24(30)15-17(2)29-26(19-7-11-20(12-8-19)28(3)4)22-14-10-18-9-13-21(31-5)16-23(18)25(22)27-29/h7-9,11-13,15-16,22,26H,6,10,14H2,1-5H3/b17-15+/t22-,26+/m0/s1. The molecular formula is C26H31N3O3. The first kappa shape index (κ1) is 21.9. The van der Waals surface area contributed by atoms with Crippen LogP contribution in [0, 0.1) is 5.92 Å². The Morgan fingerprint density at radius 2 is 1.97 bits per heavy atom. The monoisotopic (exact) mass is 433 g/mol. The van der Waals surface area contributed by atoms with Crippen LogP contribution in [0.2, 0.25) is 0 Å². The maximum atomic E-state index is 12.2. The van der Waals surface area contributed by atoms with Crippen LogP contribution in [-0.2, 0) is 16.0 Å². The summed E-state index contributed by atoms with van der Waals surface area (Å²) in [6.07, 6.45) is 3.53. The molecule has 4 rings (SSSR count). The maximum absolute atomic E-state index is 12.2. The Morgan fingerprint density at radius 1 is 1.22 bits per heavy atom. The van der Waals surface area contributed by atoms with Crippen molar-refractivity contribution in [2.75, 3.05) is 32.7 Å². The van der Waals surface area contributed by atoms with Gasteiger partial charge in [-0.3, -0.25) is 5.01 Å². The summed E-state index contributed by atoms with van der Waals surface area (Å²) in [5.74, 6) is 0.713. The van der Waals surface area contributed by atoms with Crippen molar-refractivity contribution in [3.05, 3.63) is 70.9 Å². The van der Waals surface area contributed by atoms with Crippen LogP contribution in [0.25, 0.3) is 0 Å². The summed E-state index contributed by atoms with van der Waals surface area (Å²) >= 11 is 0. The minimum absolute atomic E-state index is 0.0197. The van der Waals surface area contributed by atoms with Crippen LogP contribution in [0.3, 0.4) is 0 Å². The number of aryl methyl sites for hydroxylation is 1. The van der Waals surface area contributed by atoms with Crippen molar-refractivity contribution in [2.24, 2.45) is 11.0 Å². The van der Waals surface area contributed by atoms with E-state index in [0.29, 0.717) is 6.61 Å². The lowest BCUT2D eigenvalue weighted by molar-refractivity contribution is -0.137. The minimum atomic E-state index is -0.344. The SMILES string of the molecule is CCOC(=O)/C=C(\C)N1N=C2c3cc(OC)ccc3CC[C@@H]2[C@H]1c1ccc(N(C)C)cc1. The van der Waals surface area contributed by atoms with Gasteiger partial charge in [0.25, 0.3) is 0 Å². The molecule has 0 saturated carbocycles. The zero-order valence-electron chi connectivity index (χ0n) is 19.5. The molecule has 0 N–H and O–H groups in total. The molecule has 0 radical (unpaired) electrons. The van der Waals surface area contributed by atoms with Gasteiger partial charge in [0.1, 0.15) is 5.75 Å². The van der Waals surface area contributed by atoms with Gasteiger partial charge in [-0.15, -0.1) is 0 Å². The van der Waals surface area contributed by atoms with E-state index in [2.05, 4.69) is 41.3 Å². The Bertz CT molecular complexity index is 1060. The summed E-state index contributed by atoms with van der Waals surface area (Å²) in [5.41, 5.74) is 6.59. The maximum Gasteiger partial charge on any atom is 0.332 e. The number of hydrazone groups is 1. The lowest BCUT2D eigenvalue weighted by Crippen LogP contribution is -2.28. The Labute approximate surface area is 190 Å². The number of carbonyl (C=O) groups is 1. The van der Waals surface area contributed by atoms with E-state index in [1.165, 1.54) is 11.1 Å². The van der Waals surface area contributed by atoms with Crippen LogP contribution in [0.5, 0.6) is 5.75 Å². The Balaban J connectivity index is 1.78. The Kier molecular flexibility index (Phi) is 6.21. The number of ether oxygens (including phenoxy) is 2. The van der Waals surface area contributed by atoms with Crippen molar-refractivity contribution in [3.63, 3.8) is 0 Å². The fourth-order valence-corrected chi connectivity index (χ4v) is 4.63. The predicted molar refractivity (Wildman–Crippen MR) is 127 cm³/mol. The lowest BCUT2D eigenvalue weighted by atomic mass is 9.77. The van der Waals surface area contributed by atoms with E-state index >= 15 is 0 Å². The molecule has 2 aromatic rings. The summed E-state index contributed by atoms with van der Waals surface area (Å²) in [6.45, 7) is 4.08. The number of methoxy groups -OCH3 is 1. The van der Waals surface area contributed by atoms with Crippen molar-refractivity contribution in [1.29, 1.82) is 0 Å². The normalized spacial score (nSPS) is 19.7. The second-order valence-corrected chi connectivity index (χ2v) is 8.47. The van der Waals surface area contributed by atoms with E-state index < -0.39 is 0 Å². The van der Waals surface area contributed by atoms with E-state index in [0.717, 1.165) is 41.3 Å². The summed E-state index contributed by atoms with van der Waals surface area (Å²) in [4.78, 5) is 14.3. The van der Waals surface area contributed by atoms with Gasteiger partial charge >= 0.3 is 5.97 Å². The first-order valence-corrected chi connectivity index (χ1v) is 11.1. The third-order valence-corrected chi connectivity index (χ3v) is 6.25. The van der Waals surface area contributed by atoms with Crippen LogP contribution < -0.4 is 9.64 Å². The van der Waals surface area contributed by atoms with Gasteiger partial charge in [-0.05, 0) is 62.1 Å². The molecule has 2 aliphatic rings. The van der Waals surface area contributed by atoms with Gasteiger partial charge in [0.15, 0.2) is 0 Å². The molecule has 0 fully saturated rings. The highest BCUT2D eigenvalue weighted by Crippen LogP contribution is 2.45. The van der Waals surface area contributed by atoms with Gasteiger partial charge < -0.3 is 14.4 Å². The van der Waals surface area contributed by atoms with Crippen molar-refractivity contribution in [3.8, 4) is 5.75 Å². The summed E-state index contributed by atoms with van der Waals surface area (Å²) in [5, 5.41) is 7.06. The zero-order chi connectivity index (χ0) is 22.8. The number of hydrogen-bond acceptors (Lipinski definition) is 6. The van der Waals surface area contributed by atoms with Crippen molar-refractivity contribution in [1.82, 2.24) is 5.01 Å². The molecule has 0 bridgehead atoms. The quantitative estimate of drug-likeness (QED) is 0.494. The van der Waals surface area contributed by atoms with Gasteiger partial charge in [0, 0.05) is 43.0 Å². The molecule has 0 unspecified atom stereocenters. The number of nitrogens with zero attached hydrogens (tertiary/aromatic N) is 3. The molecule has 6 heteroatoms. The van der Waals surface area contributed by atoms with Gasteiger partial charge in [-0.2, -0.15) is 5.10 Å². The van der Waals surface area contributed by atoms with E-state index in [1.54, 1.807) is 13.2 Å². The third kappa shape index (κ3) is 4.09. The largest absolute Gasteiger partial charge is 0.497 e. The summed E-state index contributed by atoms with van der Waals surface area (Å²) in [7, 11) is 5.76. The average Bonchev–Trinajstić information content (AvgIpc) is 3.19. The van der Waals surface area contributed by atoms with Crippen LogP contribution in [-0.4, -0.2) is 44.5 Å². The number of allylic oxidation sites excluding steroid dienone is 1. The Morgan fingerprint density at radius 3 is 2.62 bits per heavy atom. The van der Waals surface area contributed by atoms with E-state index in [9.17, 15) is 4.79 Å². The van der Waals surface area contributed by atoms with E-state index in [1.807, 2.05) is 39.0 Å². The van der Waals surface area contributed by atoms with Crippen LogP contribution in [0.1, 0.15) is 43.0 Å². The number of esters is 1. The number of anilines is 1. The number of carbonyl (C=O) groups excluding carboxylic acids is 1. The second kappa shape index (κ2) is 9.07. The molecule has 1 aliphatic carbocycles. The van der Waals surface area contributed by atoms with Gasteiger partial charge in [0.05, 0.1) is 25.5 Å². The first-order chi connectivity index (χ1) is 15.4. The molecule has 0 aromatic heterocycles. The molecule has 2 aromatic carbocycles. The van der Waals surface area contributed by atoms with E-state index in [-0.39, 0.29) is 17.9 Å². The van der Waals surface area contributed by atoms with Crippen molar-refractivity contribution >= 4 is 17.4 Å². The molecule has 2 atom stereocenters. The van der Waals surface area contributed by atoms with Crippen molar-refractivity contribution < 1.29 is 14.3 Å². The fraction of sp³-hybridized carbons (Fsp3) is 0.385. The minimum Gasteiger partial charge on any atom is -0.497 e. The van der Waals surface area contributed by atoms with Crippen molar-refractivity contribution in [2.45, 2.75) is 32.7 Å². The third-order valence-electron chi connectivity index (χ3n) is 6.25. The zero-order valence-corrected chi connectivity index (χ0v) is 19.5. The number of benzene rings is 2. The average molecular weight is 434 g/mol. The summed E-state index contributed by atoms with van der Waals surface area (Å²) < 4.78 is 10.6. The highest BCUT2D eigenvalue weighted by molar-refractivity contribution is 6.06. The smallest absolute Gasteiger partial charge is 0.332 e. The molecule has 1 aliphatic heterocycles. The molecule has 32 heavy (non-hydrogen) atoms. The lowest BCUT2D eigenvalue weighted by Gasteiger charge is -2.31. The van der Waals surface area contributed by atoms with Gasteiger partial charge in [0.2, 0.25) is 0 Å². The molecular weight excluding hydrogens is 402 g/mol. The van der Waals surface area contributed by atoms with Crippen LogP contribution in [0.4, 0.5) is 5.69 Å². The number of rotatable bonds is 6. The topological polar surface area (TPSA) is 54.4 Å².